The van der Waals surface area contributed by atoms with Crippen LogP contribution in [0.1, 0.15) is 17.8 Å². The molecule has 0 aliphatic carbocycles. The van der Waals surface area contributed by atoms with E-state index in [1.54, 1.807) is 24.6 Å². The lowest BCUT2D eigenvalue weighted by molar-refractivity contribution is -0.118. The van der Waals surface area contributed by atoms with Crippen molar-refractivity contribution >= 4 is 24.0 Å². The summed E-state index contributed by atoms with van der Waals surface area (Å²) in [4.78, 5) is 24.4. The van der Waals surface area contributed by atoms with E-state index < -0.39 is 11.4 Å². The van der Waals surface area contributed by atoms with E-state index in [9.17, 15) is 4.79 Å². The summed E-state index contributed by atoms with van der Waals surface area (Å²) >= 11 is 0. The summed E-state index contributed by atoms with van der Waals surface area (Å²) in [5, 5.41) is 3.17. The SMILES string of the molecule is NC(=O)CC1(c2ncc3c(n2)NCC=C3)C=CC=N1. The van der Waals surface area contributed by atoms with E-state index in [1.807, 2.05) is 12.2 Å². The molecule has 3 N–H and O–H groups in total. The summed E-state index contributed by atoms with van der Waals surface area (Å²) in [6.45, 7) is 0.728. The molecule has 2 aliphatic rings. The number of allylic oxidation sites excluding steroid dienone is 1. The van der Waals surface area contributed by atoms with Gasteiger partial charge in [0.25, 0.3) is 0 Å². The molecule has 19 heavy (non-hydrogen) atoms. The number of primary amides is 1. The molecule has 0 spiro atoms. The summed E-state index contributed by atoms with van der Waals surface area (Å²) in [5.74, 6) is 0.808. The van der Waals surface area contributed by atoms with Crippen molar-refractivity contribution in [1.29, 1.82) is 0 Å². The fourth-order valence-electron chi connectivity index (χ4n) is 2.21. The summed E-state index contributed by atoms with van der Waals surface area (Å²) in [7, 11) is 0. The molecule has 0 bridgehead atoms. The van der Waals surface area contributed by atoms with Crippen molar-refractivity contribution in [3.05, 3.63) is 35.8 Å². The molecule has 0 fully saturated rings. The highest BCUT2D eigenvalue weighted by molar-refractivity contribution is 5.81. The average Bonchev–Trinajstić information content (AvgIpc) is 2.87. The van der Waals surface area contributed by atoms with Gasteiger partial charge in [-0.1, -0.05) is 12.2 Å². The summed E-state index contributed by atoms with van der Waals surface area (Å²) < 4.78 is 0. The lowest BCUT2D eigenvalue weighted by Gasteiger charge is -2.22. The number of carbonyl (C=O) groups excluding carboxylic acids is 1. The van der Waals surface area contributed by atoms with Gasteiger partial charge in [-0.05, 0) is 12.2 Å². The number of hydrogen-bond acceptors (Lipinski definition) is 5. The normalized spacial score (nSPS) is 23.2. The molecule has 3 rings (SSSR count). The van der Waals surface area contributed by atoms with Gasteiger partial charge in [-0.25, -0.2) is 9.97 Å². The predicted octanol–water partition coefficient (Wildman–Crippen LogP) is 0.627. The van der Waals surface area contributed by atoms with E-state index >= 15 is 0 Å². The van der Waals surface area contributed by atoms with Crippen LogP contribution in [0.4, 0.5) is 5.82 Å². The Kier molecular flexibility index (Phi) is 2.63. The van der Waals surface area contributed by atoms with Crippen molar-refractivity contribution in [1.82, 2.24) is 9.97 Å². The topological polar surface area (TPSA) is 93.3 Å². The Morgan fingerprint density at radius 1 is 1.53 bits per heavy atom. The number of nitrogens with zero attached hydrogens (tertiary/aromatic N) is 3. The second-order valence-corrected chi connectivity index (χ2v) is 4.49. The van der Waals surface area contributed by atoms with E-state index in [1.165, 1.54) is 0 Å². The smallest absolute Gasteiger partial charge is 0.220 e. The summed E-state index contributed by atoms with van der Waals surface area (Å²) in [5.41, 5.74) is 5.37. The van der Waals surface area contributed by atoms with Crippen LogP contribution in [0.15, 0.2) is 29.4 Å². The number of aliphatic imine (C=N–C) groups is 1. The van der Waals surface area contributed by atoms with Crippen LogP contribution >= 0.6 is 0 Å². The van der Waals surface area contributed by atoms with Gasteiger partial charge < -0.3 is 11.1 Å². The van der Waals surface area contributed by atoms with Crippen molar-refractivity contribution in [2.45, 2.75) is 12.0 Å². The van der Waals surface area contributed by atoms with Gasteiger partial charge in [0.15, 0.2) is 5.82 Å². The maximum atomic E-state index is 11.3. The van der Waals surface area contributed by atoms with Crippen molar-refractivity contribution in [3.8, 4) is 0 Å². The molecular formula is C13H13N5O. The Morgan fingerprint density at radius 3 is 3.16 bits per heavy atom. The molecule has 1 aromatic rings. The molecule has 0 aromatic carbocycles. The monoisotopic (exact) mass is 255 g/mol. The van der Waals surface area contributed by atoms with E-state index in [-0.39, 0.29) is 6.42 Å². The molecule has 1 amide bonds. The molecule has 0 saturated carbocycles. The molecule has 1 atom stereocenters. The molecule has 2 aliphatic heterocycles. The summed E-state index contributed by atoms with van der Waals surface area (Å²) in [6.07, 6.45) is 11.0. The largest absolute Gasteiger partial charge is 0.370 e. The van der Waals surface area contributed by atoms with E-state index in [2.05, 4.69) is 20.3 Å². The Balaban J connectivity index is 2.04. The highest BCUT2D eigenvalue weighted by atomic mass is 16.1. The fourth-order valence-corrected chi connectivity index (χ4v) is 2.21. The molecule has 6 heteroatoms. The number of fused-ring (bicyclic) bond motifs is 1. The van der Waals surface area contributed by atoms with Gasteiger partial charge in [0, 0.05) is 24.5 Å². The number of aromatic nitrogens is 2. The van der Waals surface area contributed by atoms with Crippen LogP contribution in [-0.4, -0.2) is 28.6 Å². The Hall–Kier alpha value is -2.50. The van der Waals surface area contributed by atoms with Crippen molar-refractivity contribution in [3.63, 3.8) is 0 Å². The first kappa shape index (κ1) is 11.6. The zero-order chi connectivity index (χ0) is 13.3. The number of hydrogen-bond donors (Lipinski definition) is 2. The minimum atomic E-state index is -0.857. The average molecular weight is 255 g/mol. The van der Waals surface area contributed by atoms with E-state index in [0.717, 1.165) is 17.9 Å². The minimum Gasteiger partial charge on any atom is -0.370 e. The molecule has 1 aromatic heterocycles. The third-order valence-electron chi connectivity index (χ3n) is 3.10. The minimum absolute atomic E-state index is 0.0641. The first-order chi connectivity index (χ1) is 9.20. The summed E-state index contributed by atoms with van der Waals surface area (Å²) in [6, 6.07) is 0. The molecule has 6 nitrogen and oxygen atoms in total. The number of carbonyl (C=O) groups is 1. The lowest BCUT2D eigenvalue weighted by atomic mass is 9.95. The number of anilines is 1. The fraction of sp³-hybridized carbons (Fsp3) is 0.231. The molecule has 0 saturated heterocycles. The van der Waals surface area contributed by atoms with Crippen molar-refractivity contribution < 1.29 is 4.79 Å². The van der Waals surface area contributed by atoms with Gasteiger partial charge in [-0.15, -0.1) is 0 Å². The second-order valence-electron chi connectivity index (χ2n) is 4.49. The van der Waals surface area contributed by atoms with Gasteiger partial charge >= 0.3 is 0 Å². The van der Waals surface area contributed by atoms with Crippen molar-refractivity contribution in [2.75, 3.05) is 11.9 Å². The Bertz CT molecular complexity index is 605. The molecule has 96 valence electrons. The van der Waals surface area contributed by atoms with Crippen LogP contribution in [0, 0.1) is 0 Å². The first-order valence-corrected chi connectivity index (χ1v) is 5.99. The maximum Gasteiger partial charge on any atom is 0.220 e. The van der Waals surface area contributed by atoms with Crippen LogP contribution in [0.25, 0.3) is 6.08 Å². The maximum absolute atomic E-state index is 11.3. The quantitative estimate of drug-likeness (QED) is 0.828. The van der Waals surface area contributed by atoms with Crippen molar-refractivity contribution in [2.24, 2.45) is 10.7 Å². The predicted molar refractivity (Wildman–Crippen MR) is 72.7 cm³/mol. The Labute approximate surface area is 110 Å². The third-order valence-corrected chi connectivity index (χ3v) is 3.10. The van der Waals surface area contributed by atoms with Gasteiger partial charge in [0.2, 0.25) is 5.91 Å². The standard InChI is InChI=1S/C13H13N5O/c14-10(19)7-13(4-2-6-17-13)12-16-8-9-3-1-5-15-11(9)18-12/h1-4,6,8H,5,7H2,(H2,14,19)(H,15,16,18). The van der Waals surface area contributed by atoms with Crippen LogP contribution in [0.2, 0.25) is 0 Å². The molecule has 0 radical (unpaired) electrons. The molecular weight excluding hydrogens is 242 g/mol. The Morgan fingerprint density at radius 2 is 2.42 bits per heavy atom. The van der Waals surface area contributed by atoms with Gasteiger partial charge in [0.1, 0.15) is 11.4 Å². The van der Waals surface area contributed by atoms with Gasteiger partial charge in [-0.2, -0.15) is 0 Å². The zero-order valence-corrected chi connectivity index (χ0v) is 10.2. The highest BCUT2D eigenvalue weighted by Gasteiger charge is 2.35. The van der Waals surface area contributed by atoms with Crippen LogP contribution < -0.4 is 11.1 Å². The van der Waals surface area contributed by atoms with Crippen LogP contribution in [0.5, 0.6) is 0 Å². The number of amides is 1. The lowest BCUT2D eigenvalue weighted by Crippen LogP contribution is -2.30. The molecule has 3 heterocycles. The number of rotatable bonds is 3. The highest BCUT2D eigenvalue weighted by Crippen LogP contribution is 2.32. The van der Waals surface area contributed by atoms with Crippen LogP contribution in [0.3, 0.4) is 0 Å². The van der Waals surface area contributed by atoms with Crippen LogP contribution in [-0.2, 0) is 10.3 Å². The molecule has 1 unspecified atom stereocenters. The third kappa shape index (κ3) is 2.01. The number of nitrogens with one attached hydrogen (secondary N) is 1. The van der Waals surface area contributed by atoms with Gasteiger partial charge in [0.05, 0.1) is 6.42 Å². The van der Waals surface area contributed by atoms with E-state index in [4.69, 9.17) is 5.73 Å². The van der Waals surface area contributed by atoms with E-state index in [0.29, 0.717) is 5.82 Å². The second kappa shape index (κ2) is 4.31. The van der Waals surface area contributed by atoms with Gasteiger partial charge in [-0.3, -0.25) is 9.79 Å². The first-order valence-electron chi connectivity index (χ1n) is 5.99. The zero-order valence-electron chi connectivity index (χ0n) is 10.2. The number of nitrogens with two attached hydrogens (primary N) is 1.